The number of aryl methyl sites for hydroxylation is 1. The minimum atomic E-state index is -4.88. The van der Waals surface area contributed by atoms with Gasteiger partial charge in [0.25, 0.3) is 5.91 Å². The second-order valence-corrected chi connectivity index (χ2v) is 10.2. The summed E-state index contributed by atoms with van der Waals surface area (Å²) in [5.74, 6) is -0.483. The first-order valence-corrected chi connectivity index (χ1v) is 12.7. The molecule has 0 bridgehead atoms. The maximum Gasteiger partial charge on any atom is 0.416 e. The molecule has 0 saturated heterocycles. The number of unbranched alkanes of at least 4 members (excludes halogenated alkanes) is 1. The number of hydrogen-bond acceptors (Lipinski definition) is 6. The van der Waals surface area contributed by atoms with E-state index in [-0.39, 0.29) is 42.0 Å². The quantitative estimate of drug-likeness (QED) is 0.321. The summed E-state index contributed by atoms with van der Waals surface area (Å²) in [5.41, 5.74) is 0.527. The maximum atomic E-state index is 14.9. The number of aromatic nitrogens is 2. The summed E-state index contributed by atoms with van der Waals surface area (Å²) in [7, 11) is 0. The third kappa shape index (κ3) is 5.88. The van der Waals surface area contributed by atoms with Crippen molar-refractivity contribution >= 4 is 11.5 Å². The molecule has 0 unspecified atom stereocenters. The van der Waals surface area contributed by atoms with Gasteiger partial charge in [-0.15, -0.1) is 0 Å². The number of amides is 1. The van der Waals surface area contributed by atoms with Gasteiger partial charge in [-0.3, -0.25) is 14.9 Å². The summed E-state index contributed by atoms with van der Waals surface area (Å²) in [6, 6.07) is 7.08. The standard InChI is InChI=1S/C25H27F6N7O/c26-24(27,28)11-2-1-3-16-6-8-18(9-7-16)23(25(29,30)31)13-19(20-10-12-37(34-20)14-17-4-5-17)21(22(39)33-23)38-15-32-35-36-38/h6-10,12,17H,1-5,11,13-15H2,(H,32,36)(H,33,39)/t23-/m0/s1. The van der Waals surface area contributed by atoms with Crippen LogP contribution in [0.15, 0.2) is 52.7 Å². The first kappa shape index (κ1) is 27.0. The average Bonchev–Trinajstić information content (AvgIpc) is 3.30. The molecule has 210 valence electrons. The highest BCUT2D eigenvalue weighted by atomic mass is 19.4. The van der Waals surface area contributed by atoms with Crippen molar-refractivity contribution < 1.29 is 31.1 Å². The molecule has 3 aliphatic rings. The van der Waals surface area contributed by atoms with Crippen molar-refractivity contribution in [3.8, 4) is 0 Å². The van der Waals surface area contributed by atoms with Gasteiger partial charge < -0.3 is 5.32 Å². The topological polar surface area (TPSA) is 86.9 Å². The van der Waals surface area contributed by atoms with E-state index in [0.29, 0.717) is 24.4 Å². The lowest BCUT2D eigenvalue weighted by Gasteiger charge is -2.41. The predicted octanol–water partition coefficient (Wildman–Crippen LogP) is 5.40. The van der Waals surface area contributed by atoms with Gasteiger partial charge in [-0.1, -0.05) is 29.5 Å². The Kier molecular flexibility index (Phi) is 7.06. The molecule has 1 atom stereocenters. The number of carbonyl (C=O) groups is 1. The molecule has 1 aromatic carbocycles. The van der Waals surface area contributed by atoms with Gasteiger partial charge >= 0.3 is 12.4 Å². The highest BCUT2D eigenvalue weighted by Gasteiger charge is 2.60. The fraction of sp³-hybridized carbons (Fsp3) is 0.520. The van der Waals surface area contributed by atoms with E-state index in [1.807, 2.05) is 0 Å². The van der Waals surface area contributed by atoms with E-state index in [2.05, 4.69) is 26.3 Å². The van der Waals surface area contributed by atoms with Crippen LogP contribution in [0.1, 0.15) is 55.3 Å². The average molecular weight is 556 g/mol. The minimum absolute atomic E-state index is 0.0110. The Morgan fingerprint density at radius 1 is 1.03 bits per heavy atom. The molecule has 8 nitrogen and oxygen atoms in total. The number of hydrogen-bond donors (Lipinski definition) is 2. The van der Waals surface area contributed by atoms with E-state index in [0.717, 1.165) is 12.8 Å². The summed E-state index contributed by atoms with van der Waals surface area (Å²) < 4.78 is 83.4. The van der Waals surface area contributed by atoms with Crippen LogP contribution in [0.3, 0.4) is 0 Å². The number of nitrogens with one attached hydrogen (secondary N) is 2. The van der Waals surface area contributed by atoms with E-state index >= 15 is 0 Å². The van der Waals surface area contributed by atoms with Crippen LogP contribution in [0.25, 0.3) is 5.57 Å². The lowest BCUT2D eigenvalue weighted by atomic mass is 9.78. The molecule has 1 amide bonds. The van der Waals surface area contributed by atoms with Crippen molar-refractivity contribution in [2.75, 3.05) is 6.67 Å². The third-order valence-corrected chi connectivity index (χ3v) is 7.17. The Balaban J connectivity index is 1.46. The zero-order valence-corrected chi connectivity index (χ0v) is 20.8. The number of alkyl halides is 6. The van der Waals surface area contributed by atoms with Crippen LogP contribution < -0.4 is 10.7 Å². The number of halogens is 6. The highest BCUT2D eigenvalue weighted by Crippen LogP contribution is 2.48. The summed E-state index contributed by atoms with van der Waals surface area (Å²) in [5, 5.41) is 15.4. The Labute approximate surface area is 220 Å². The zero-order chi connectivity index (χ0) is 27.8. The van der Waals surface area contributed by atoms with Crippen LogP contribution in [0.4, 0.5) is 26.3 Å². The molecule has 14 heteroatoms. The van der Waals surface area contributed by atoms with Gasteiger partial charge in [-0.05, 0) is 60.4 Å². The molecule has 1 saturated carbocycles. The Morgan fingerprint density at radius 2 is 1.77 bits per heavy atom. The van der Waals surface area contributed by atoms with E-state index in [1.54, 1.807) is 16.9 Å². The maximum absolute atomic E-state index is 14.9. The zero-order valence-electron chi connectivity index (χ0n) is 20.8. The molecule has 39 heavy (non-hydrogen) atoms. The van der Waals surface area contributed by atoms with Crippen LogP contribution in [0.2, 0.25) is 0 Å². The molecule has 5 rings (SSSR count). The van der Waals surface area contributed by atoms with Crippen LogP contribution in [-0.2, 0) is 23.3 Å². The smallest absolute Gasteiger partial charge is 0.333 e. The highest BCUT2D eigenvalue weighted by molar-refractivity contribution is 6.03. The van der Waals surface area contributed by atoms with Crippen molar-refractivity contribution in [2.24, 2.45) is 16.4 Å². The van der Waals surface area contributed by atoms with Gasteiger partial charge in [-0.2, -0.15) is 31.4 Å². The number of rotatable bonds is 9. The summed E-state index contributed by atoms with van der Waals surface area (Å²) in [6.07, 6.45) is -6.36. The largest absolute Gasteiger partial charge is 0.416 e. The van der Waals surface area contributed by atoms with E-state index in [4.69, 9.17) is 0 Å². The molecule has 2 aliphatic heterocycles. The van der Waals surface area contributed by atoms with Crippen molar-refractivity contribution in [3.05, 3.63) is 59.0 Å². The molecule has 1 aliphatic carbocycles. The van der Waals surface area contributed by atoms with Crippen molar-refractivity contribution in [3.63, 3.8) is 0 Å². The van der Waals surface area contributed by atoms with Crippen molar-refractivity contribution in [1.82, 2.24) is 25.5 Å². The lowest BCUT2D eigenvalue weighted by molar-refractivity contribution is -0.202. The summed E-state index contributed by atoms with van der Waals surface area (Å²) >= 11 is 0. The fourth-order valence-corrected chi connectivity index (χ4v) is 4.92. The minimum Gasteiger partial charge on any atom is -0.333 e. The van der Waals surface area contributed by atoms with Gasteiger partial charge in [0.15, 0.2) is 5.54 Å². The molecule has 1 fully saturated rings. The van der Waals surface area contributed by atoms with Crippen LogP contribution in [0.5, 0.6) is 0 Å². The Morgan fingerprint density at radius 3 is 2.38 bits per heavy atom. The predicted molar refractivity (Wildman–Crippen MR) is 127 cm³/mol. The second kappa shape index (κ2) is 10.2. The van der Waals surface area contributed by atoms with Gasteiger partial charge in [0.1, 0.15) is 12.4 Å². The van der Waals surface area contributed by atoms with Crippen molar-refractivity contribution in [2.45, 2.75) is 69.4 Å². The van der Waals surface area contributed by atoms with E-state index in [1.165, 1.54) is 29.3 Å². The number of nitrogens with zero attached hydrogens (tertiary/aromatic N) is 5. The first-order chi connectivity index (χ1) is 18.5. The van der Waals surface area contributed by atoms with Crippen LogP contribution >= 0.6 is 0 Å². The SMILES string of the molecule is O=C1N[C@@](c2ccc(CCCCC(F)(F)F)cc2)(C(F)(F)F)CC(c2ccn(CC3CC3)n2)=C1N1CNN=N1. The first-order valence-electron chi connectivity index (χ1n) is 12.7. The van der Waals surface area contributed by atoms with E-state index in [9.17, 15) is 31.1 Å². The molecule has 0 spiro atoms. The molecule has 0 radical (unpaired) electrons. The van der Waals surface area contributed by atoms with Crippen molar-refractivity contribution in [1.29, 1.82) is 0 Å². The van der Waals surface area contributed by atoms with Gasteiger partial charge in [0, 0.05) is 31.2 Å². The summed E-state index contributed by atoms with van der Waals surface area (Å²) in [6.45, 7) is 0.658. The molecule has 2 N–H and O–H groups in total. The summed E-state index contributed by atoms with van der Waals surface area (Å²) in [4.78, 5) is 13.4. The van der Waals surface area contributed by atoms with E-state index < -0.39 is 36.6 Å². The third-order valence-electron chi connectivity index (χ3n) is 7.17. The Hall–Kier alpha value is -3.58. The van der Waals surface area contributed by atoms with Crippen LogP contribution in [0, 0.1) is 5.92 Å². The normalized spacial score (nSPS) is 21.9. The molecule has 2 aromatic rings. The van der Waals surface area contributed by atoms with Gasteiger partial charge in [0.05, 0.1) is 5.69 Å². The number of benzene rings is 1. The molecular weight excluding hydrogens is 528 g/mol. The monoisotopic (exact) mass is 555 g/mol. The van der Waals surface area contributed by atoms with Gasteiger partial charge in [0.2, 0.25) is 0 Å². The Bertz CT molecular complexity index is 1260. The fourth-order valence-electron chi connectivity index (χ4n) is 4.92. The number of carbonyl (C=O) groups excluding carboxylic acids is 1. The molecular formula is C25H27F6N7O. The second-order valence-electron chi connectivity index (χ2n) is 10.2. The molecule has 3 heterocycles. The van der Waals surface area contributed by atoms with Gasteiger partial charge in [-0.25, -0.2) is 5.01 Å². The molecule has 1 aromatic heterocycles. The lowest BCUT2D eigenvalue weighted by Crippen LogP contribution is -2.59. The van der Waals surface area contributed by atoms with Crippen LogP contribution in [-0.4, -0.2) is 39.7 Å².